The minimum atomic E-state index is -3.47. The van der Waals surface area contributed by atoms with Crippen LogP contribution in [-0.4, -0.2) is 52.2 Å². The molecule has 0 spiro atoms. The summed E-state index contributed by atoms with van der Waals surface area (Å²) in [5.41, 5.74) is 2.87. The van der Waals surface area contributed by atoms with Crippen molar-refractivity contribution in [3.8, 4) is 5.75 Å². The number of likely N-dealkylation sites (tertiary alicyclic amines) is 1. The number of carbonyl (C=O) groups is 1. The predicted molar refractivity (Wildman–Crippen MR) is 127 cm³/mol. The molecule has 1 saturated heterocycles. The van der Waals surface area contributed by atoms with Crippen LogP contribution in [0, 0.1) is 0 Å². The van der Waals surface area contributed by atoms with Crippen molar-refractivity contribution in [2.45, 2.75) is 38.8 Å². The highest BCUT2D eigenvalue weighted by molar-refractivity contribution is 7.92. The van der Waals surface area contributed by atoms with Crippen LogP contribution in [0.15, 0.2) is 48.5 Å². The van der Waals surface area contributed by atoms with Crippen LogP contribution in [0.1, 0.15) is 36.8 Å². The molecule has 0 atom stereocenters. The van der Waals surface area contributed by atoms with Gasteiger partial charge in [0.2, 0.25) is 15.9 Å². The number of anilines is 1. The Morgan fingerprint density at radius 1 is 1.09 bits per heavy atom. The van der Waals surface area contributed by atoms with E-state index in [2.05, 4.69) is 22.3 Å². The summed E-state index contributed by atoms with van der Waals surface area (Å²) in [6, 6.07) is 15.2. The van der Waals surface area contributed by atoms with Gasteiger partial charge in [0, 0.05) is 32.1 Å². The van der Waals surface area contributed by atoms with Crippen LogP contribution >= 0.6 is 0 Å². The zero-order chi connectivity index (χ0) is 23.0. The normalized spacial score (nSPS) is 14.3. The fourth-order valence-corrected chi connectivity index (χ4v) is 4.92. The fraction of sp³-hybridized carbons (Fsp3) is 0.458. The molecule has 1 amide bonds. The summed E-state index contributed by atoms with van der Waals surface area (Å²) in [4.78, 5) is 14.8. The molecular weight excluding hydrogens is 426 g/mol. The Morgan fingerprint density at radius 3 is 2.53 bits per heavy atom. The van der Waals surface area contributed by atoms with Gasteiger partial charge in [0.1, 0.15) is 5.75 Å². The molecule has 1 heterocycles. The smallest absolute Gasteiger partial charge is 0.232 e. The quantitative estimate of drug-likeness (QED) is 0.558. The first kappa shape index (κ1) is 24.1. The van der Waals surface area contributed by atoms with E-state index in [1.54, 1.807) is 24.3 Å². The van der Waals surface area contributed by atoms with Gasteiger partial charge in [0.15, 0.2) is 0 Å². The standard InChI is InChI=1S/C24H33N3O4S/c1-31-23-11-6-10-22(17-23)27(32(2,29)30)15-7-12-24(28)25-18-20-8-5-9-21(16-20)19-26-13-3-4-14-26/h5-6,8-11,16-17H,3-4,7,12-15,18-19H2,1-2H3,(H,25,28). The van der Waals surface area contributed by atoms with E-state index < -0.39 is 10.0 Å². The van der Waals surface area contributed by atoms with Crippen molar-refractivity contribution in [3.63, 3.8) is 0 Å². The molecule has 1 N–H and O–H groups in total. The lowest BCUT2D eigenvalue weighted by atomic mass is 10.1. The number of amides is 1. The summed E-state index contributed by atoms with van der Waals surface area (Å²) in [5.74, 6) is 0.495. The number of sulfonamides is 1. The number of carbonyl (C=O) groups excluding carboxylic acids is 1. The van der Waals surface area contributed by atoms with E-state index in [0.717, 1.165) is 25.2 Å². The number of nitrogens with one attached hydrogen (secondary N) is 1. The highest BCUT2D eigenvalue weighted by atomic mass is 32.2. The van der Waals surface area contributed by atoms with Gasteiger partial charge in [0.05, 0.1) is 19.1 Å². The van der Waals surface area contributed by atoms with Crippen molar-refractivity contribution < 1.29 is 17.9 Å². The van der Waals surface area contributed by atoms with Crippen LogP contribution in [0.2, 0.25) is 0 Å². The molecule has 3 rings (SSSR count). The van der Waals surface area contributed by atoms with E-state index in [1.807, 2.05) is 12.1 Å². The van der Waals surface area contributed by atoms with E-state index >= 15 is 0 Å². The summed E-state index contributed by atoms with van der Waals surface area (Å²) in [5, 5.41) is 2.95. The number of hydrogen-bond acceptors (Lipinski definition) is 5. The predicted octanol–water partition coefficient (Wildman–Crippen LogP) is 3.15. The van der Waals surface area contributed by atoms with Crippen molar-refractivity contribution in [1.82, 2.24) is 10.2 Å². The van der Waals surface area contributed by atoms with Crippen molar-refractivity contribution in [2.75, 3.05) is 37.3 Å². The highest BCUT2D eigenvalue weighted by Crippen LogP contribution is 2.23. The van der Waals surface area contributed by atoms with Gasteiger partial charge in [-0.3, -0.25) is 14.0 Å². The molecule has 0 bridgehead atoms. The van der Waals surface area contributed by atoms with Gasteiger partial charge in [0.25, 0.3) is 0 Å². The maximum Gasteiger partial charge on any atom is 0.232 e. The van der Waals surface area contributed by atoms with Gasteiger partial charge >= 0.3 is 0 Å². The van der Waals surface area contributed by atoms with Crippen molar-refractivity contribution >= 4 is 21.6 Å². The zero-order valence-corrected chi connectivity index (χ0v) is 19.7. The number of nitrogens with zero attached hydrogens (tertiary/aromatic N) is 2. The van der Waals surface area contributed by atoms with Crippen LogP contribution in [0.3, 0.4) is 0 Å². The summed E-state index contributed by atoms with van der Waals surface area (Å²) in [6.07, 6.45) is 4.38. The van der Waals surface area contributed by atoms with Gasteiger partial charge in [-0.2, -0.15) is 0 Å². The van der Waals surface area contributed by atoms with Crippen LogP contribution in [0.5, 0.6) is 5.75 Å². The van der Waals surface area contributed by atoms with Crippen molar-refractivity contribution in [3.05, 3.63) is 59.7 Å². The number of hydrogen-bond donors (Lipinski definition) is 1. The van der Waals surface area contributed by atoms with E-state index in [-0.39, 0.29) is 18.9 Å². The number of methoxy groups -OCH3 is 1. The Morgan fingerprint density at radius 2 is 1.81 bits per heavy atom. The molecule has 1 aliphatic rings. The number of ether oxygens (including phenoxy) is 1. The average molecular weight is 460 g/mol. The molecule has 0 aromatic heterocycles. The molecule has 32 heavy (non-hydrogen) atoms. The number of benzene rings is 2. The third-order valence-corrected chi connectivity index (χ3v) is 6.79. The molecule has 7 nitrogen and oxygen atoms in total. The second-order valence-corrected chi connectivity index (χ2v) is 10.1. The molecule has 2 aromatic rings. The molecular formula is C24H33N3O4S. The van der Waals surface area contributed by atoms with Crippen molar-refractivity contribution in [1.29, 1.82) is 0 Å². The molecule has 0 unspecified atom stereocenters. The maximum absolute atomic E-state index is 12.3. The second-order valence-electron chi connectivity index (χ2n) is 8.22. The molecule has 1 aliphatic heterocycles. The summed E-state index contributed by atoms with van der Waals surface area (Å²) < 4.78 is 31.0. The largest absolute Gasteiger partial charge is 0.497 e. The van der Waals surface area contributed by atoms with Crippen LogP contribution in [-0.2, 0) is 27.9 Å². The summed E-state index contributed by atoms with van der Waals surface area (Å²) in [7, 11) is -1.93. The molecule has 0 radical (unpaired) electrons. The molecule has 174 valence electrons. The number of rotatable bonds is 11. The topological polar surface area (TPSA) is 79.0 Å². The van der Waals surface area contributed by atoms with E-state index in [9.17, 15) is 13.2 Å². The summed E-state index contributed by atoms with van der Waals surface area (Å²) in [6.45, 7) is 3.96. The first-order valence-corrected chi connectivity index (χ1v) is 12.9. The minimum Gasteiger partial charge on any atom is -0.497 e. The summed E-state index contributed by atoms with van der Waals surface area (Å²) >= 11 is 0. The Labute approximate surface area is 191 Å². The van der Waals surface area contributed by atoms with Gasteiger partial charge in [-0.15, -0.1) is 0 Å². The second kappa shape index (κ2) is 11.3. The highest BCUT2D eigenvalue weighted by Gasteiger charge is 2.18. The molecule has 0 aliphatic carbocycles. The fourth-order valence-electron chi connectivity index (χ4n) is 3.96. The molecule has 0 saturated carbocycles. The Hall–Kier alpha value is -2.58. The zero-order valence-electron chi connectivity index (χ0n) is 18.9. The lowest BCUT2D eigenvalue weighted by Crippen LogP contribution is -2.32. The van der Waals surface area contributed by atoms with E-state index in [4.69, 9.17) is 4.74 Å². The Kier molecular flexibility index (Phi) is 8.53. The first-order chi connectivity index (χ1) is 15.3. The lowest BCUT2D eigenvalue weighted by molar-refractivity contribution is -0.121. The van der Waals surface area contributed by atoms with Crippen LogP contribution in [0.4, 0.5) is 5.69 Å². The van der Waals surface area contributed by atoms with Gasteiger partial charge < -0.3 is 10.1 Å². The van der Waals surface area contributed by atoms with Crippen LogP contribution in [0.25, 0.3) is 0 Å². The molecule has 2 aromatic carbocycles. The average Bonchev–Trinajstić information content (AvgIpc) is 3.28. The third-order valence-electron chi connectivity index (χ3n) is 5.59. The molecule has 1 fully saturated rings. The monoisotopic (exact) mass is 459 g/mol. The maximum atomic E-state index is 12.3. The van der Waals surface area contributed by atoms with Crippen molar-refractivity contribution in [2.24, 2.45) is 0 Å². The Bertz CT molecular complexity index is 1000. The van der Waals surface area contributed by atoms with Gasteiger partial charge in [-0.1, -0.05) is 30.3 Å². The van der Waals surface area contributed by atoms with Crippen LogP contribution < -0.4 is 14.4 Å². The van der Waals surface area contributed by atoms with Gasteiger partial charge in [-0.05, 0) is 55.6 Å². The lowest BCUT2D eigenvalue weighted by Gasteiger charge is -2.22. The SMILES string of the molecule is COc1cccc(N(CCCC(=O)NCc2cccc(CN3CCCC3)c2)S(C)(=O)=O)c1. The third kappa shape index (κ3) is 7.24. The molecule has 8 heteroatoms. The Balaban J connectivity index is 1.48. The van der Waals surface area contributed by atoms with E-state index in [0.29, 0.717) is 24.4 Å². The van der Waals surface area contributed by atoms with Gasteiger partial charge in [-0.25, -0.2) is 8.42 Å². The van der Waals surface area contributed by atoms with E-state index in [1.165, 1.54) is 36.1 Å². The first-order valence-electron chi connectivity index (χ1n) is 11.0. The minimum absolute atomic E-state index is 0.0889.